The summed E-state index contributed by atoms with van der Waals surface area (Å²) in [4.78, 5) is 33.7. The Morgan fingerprint density at radius 2 is 1.97 bits per heavy atom. The molecule has 2 aromatic carbocycles. The first-order chi connectivity index (χ1) is 18.3. The number of hydrogen-bond donors (Lipinski definition) is 3. The molecule has 0 bridgehead atoms. The van der Waals surface area contributed by atoms with Gasteiger partial charge in [-0.3, -0.25) is 19.9 Å². The summed E-state index contributed by atoms with van der Waals surface area (Å²) >= 11 is 6.35. The minimum Gasteiger partial charge on any atom is -0.378 e. The average Bonchev–Trinajstić information content (AvgIpc) is 3.15. The standard InChI is InChI=1S/C28H29ClN6O3/c1-28(26(37)34(2)27(30)33-28)21-5-3-4-18(14-21)23-15-22(29)8-6-19(23)16-32-25(36)20-7-9-24(31-17-20)35-10-12-38-13-11-35/h3-9,14-15,17H,10-13,16H2,1-2H3,(H2,30,33)(H,32,36). The second-order valence-corrected chi connectivity index (χ2v) is 9.97. The number of ether oxygens (including phenoxy) is 1. The van der Waals surface area contributed by atoms with Crippen molar-refractivity contribution in [3.05, 3.63) is 82.5 Å². The van der Waals surface area contributed by atoms with Crippen molar-refractivity contribution in [3.8, 4) is 11.1 Å². The number of nitrogens with one attached hydrogen (secondary N) is 3. The van der Waals surface area contributed by atoms with Crippen LogP contribution in [0.5, 0.6) is 0 Å². The van der Waals surface area contributed by atoms with Crippen molar-refractivity contribution in [2.45, 2.75) is 19.0 Å². The van der Waals surface area contributed by atoms with Crippen molar-refractivity contribution in [1.82, 2.24) is 20.5 Å². The molecule has 38 heavy (non-hydrogen) atoms. The Kier molecular flexibility index (Phi) is 7.05. The Balaban J connectivity index is 1.34. The number of aromatic nitrogens is 1. The first-order valence-corrected chi connectivity index (χ1v) is 12.8. The van der Waals surface area contributed by atoms with Gasteiger partial charge >= 0.3 is 0 Å². The van der Waals surface area contributed by atoms with E-state index in [0.717, 1.165) is 41.2 Å². The summed E-state index contributed by atoms with van der Waals surface area (Å²) < 4.78 is 5.39. The van der Waals surface area contributed by atoms with Crippen molar-refractivity contribution in [3.63, 3.8) is 0 Å². The number of hydrogen-bond acceptors (Lipinski definition) is 6. The van der Waals surface area contributed by atoms with Crippen LogP contribution in [0.2, 0.25) is 5.02 Å². The van der Waals surface area contributed by atoms with Crippen LogP contribution in [-0.2, 0) is 21.6 Å². The molecule has 2 aliphatic heterocycles. The van der Waals surface area contributed by atoms with Crippen molar-refractivity contribution < 1.29 is 14.3 Å². The fraction of sp³-hybridized carbons (Fsp3) is 0.286. The van der Waals surface area contributed by atoms with Gasteiger partial charge in [-0.25, -0.2) is 4.98 Å². The minimum absolute atomic E-state index is 0.0570. The molecular weight excluding hydrogens is 504 g/mol. The third kappa shape index (κ3) is 4.94. The van der Waals surface area contributed by atoms with E-state index in [9.17, 15) is 9.59 Å². The van der Waals surface area contributed by atoms with Gasteiger partial charge in [0.15, 0.2) is 5.96 Å². The topological polar surface area (TPSA) is 111 Å². The molecule has 0 saturated carbocycles. The molecule has 196 valence electrons. The summed E-state index contributed by atoms with van der Waals surface area (Å²) in [5.74, 6) is 0.457. The van der Waals surface area contributed by atoms with E-state index in [0.29, 0.717) is 23.8 Å². The van der Waals surface area contributed by atoms with Gasteiger partial charge in [0.1, 0.15) is 11.4 Å². The summed E-state index contributed by atoms with van der Waals surface area (Å²) in [5, 5.41) is 14.6. The van der Waals surface area contributed by atoms with Crippen LogP contribution in [0.25, 0.3) is 11.1 Å². The summed E-state index contributed by atoms with van der Waals surface area (Å²) in [6.45, 7) is 4.95. The fourth-order valence-corrected chi connectivity index (χ4v) is 4.93. The molecule has 1 aromatic heterocycles. The summed E-state index contributed by atoms with van der Waals surface area (Å²) in [6, 6.07) is 16.7. The monoisotopic (exact) mass is 532 g/mol. The number of nitrogens with zero attached hydrogens (tertiary/aromatic N) is 3. The molecule has 1 unspecified atom stereocenters. The van der Waals surface area contributed by atoms with Gasteiger partial charge in [-0.15, -0.1) is 0 Å². The van der Waals surface area contributed by atoms with E-state index < -0.39 is 5.54 Å². The molecule has 2 fully saturated rings. The number of pyridine rings is 1. The Bertz CT molecular complexity index is 1390. The lowest BCUT2D eigenvalue weighted by molar-refractivity contribution is -0.129. The predicted molar refractivity (Wildman–Crippen MR) is 146 cm³/mol. The van der Waals surface area contributed by atoms with Crippen LogP contribution in [-0.4, -0.2) is 61.0 Å². The highest BCUT2D eigenvalue weighted by molar-refractivity contribution is 6.30. The molecule has 10 heteroatoms. The summed E-state index contributed by atoms with van der Waals surface area (Å²) in [6.07, 6.45) is 1.59. The number of benzene rings is 2. The van der Waals surface area contributed by atoms with Gasteiger partial charge in [-0.05, 0) is 59.5 Å². The number of rotatable bonds is 6. The highest BCUT2D eigenvalue weighted by Gasteiger charge is 2.45. The van der Waals surface area contributed by atoms with Gasteiger partial charge in [0, 0.05) is 37.9 Å². The number of likely N-dealkylation sites (N-methyl/N-ethyl adjacent to an activating group) is 1. The lowest BCUT2D eigenvalue weighted by atomic mass is 9.88. The number of anilines is 1. The van der Waals surface area contributed by atoms with E-state index in [4.69, 9.17) is 21.7 Å². The number of guanidine groups is 1. The fourth-order valence-electron chi connectivity index (χ4n) is 4.75. The molecule has 3 heterocycles. The Labute approximate surface area is 226 Å². The maximum absolute atomic E-state index is 12.9. The molecule has 0 spiro atoms. The van der Waals surface area contributed by atoms with Crippen LogP contribution in [0.3, 0.4) is 0 Å². The maximum atomic E-state index is 12.9. The quantitative estimate of drug-likeness (QED) is 0.449. The van der Waals surface area contributed by atoms with E-state index in [-0.39, 0.29) is 24.3 Å². The molecule has 3 N–H and O–H groups in total. The van der Waals surface area contributed by atoms with Gasteiger partial charge < -0.3 is 20.3 Å². The Morgan fingerprint density at radius 1 is 1.18 bits per heavy atom. The van der Waals surface area contributed by atoms with Crippen LogP contribution in [0, 0.1) is 5.41 Å². The van der Waals surface area contributed by atoms with E-state index in [1.54, 1.807) is 32.3 Å². The molecule has 2 saturated heterocycles. The Hall–Kier alpha value is -3.95. The van der Waals surface area contributed by atoms with Crippen LogP contribution in [0.4, 0.5) is 5.82 Å². The van der Waals surface area contributed by atoms with Crippen LogP contribution >= 0.6 is 11.6 Å². The zero-order valence-electron chi connectivity index (χ0n) is 21.3. The number of carbonyl (C=O) groups is 2. The van der Waals surface area contributed by atoms with Crippen LogP contribution in [0.1, 0.15) is 28.4 Å². The minimum atomic E-state index is -1.05. The molecule has 0 aliphatic carbocycles. The first kappa shape index (κ1) is 25.7. The smallest absolute Gasteiger partial charge is 0.259 e. The zero-order valence-corrected chi connectivity index (χ0v) is 22.0. The number of amides is 2. The number of halogens is 1. The number of carbonyl (C=O) groups excluding carboxylic acids is 2. The highest BCUT2D eigenvalue weighted by atomic mass is 35.5. The average molecular weight is 533 g/mol. The second-order valence-electron chi connectivity index (χ2n) is 9.53. The third-order valence-electron chi connectivity index (χ3n) is 7.04. The molecule has 9 nitrogen and oxygen atoms in total. The molecular formula is C28H29ClN6O3. The van der Waals surface area contributed by atoms with Gasteiger partial charge in [0.05, 0.1) is 18.8 Å². The molecule has 2 amide bonds. The predicted octanol–water partition coefficient (Wildman–Crippen LogP) is 3.38. The normalized spacial score (nSPS) is 19.4. The zero-order chi connectivity index (χ0) is 26.9. The van der Waals surface area contributed by atoms with Crippen molar-refractivity contribution in [1.29, 1.82) is 5.41 Å². The Morgan fingerprint density at radius 3 is 2.66 bits per heavy atom. The largest absolute Gasteiger partial charge is 0.378 e. The van der Waals surface area contributed by atoms with Gasteiger partial charge in [-0.2, -0.15) is 0 Å². The number of morpholine rings is 1. The molecule has 3 aromatic rings. The molecule has 0 radical (unpaired) electrons. The molecule has 1 atom stereocenters. The summed E-state index contributed by atoms with van der Waals surface area (Å²) in [7, 11) is 1.58. The molecule has 5 rings (SSSR count). The lowest BCUT2D eigenvalue weighted by Gasteiger charge is -2.27. The summed E-state index contributed by atoms with van der Waals surface area (Å²) in [5.41, 5.74) is 2.73. The highest BCUT2D eigenvalue weighted by Crippen LogP contribution is 2.33. The van der Waals surface area contributed by atoms with Crippen molar-refractivity contribution >= 4 is 35.2 Å². The SMILES string of the molecule is CN1C(=N)NC(C)(c2cccc(-c3cc(Cl)ccc3CNC(=O)c3ccc(N4CCOCC4)nc3)c2)C1=O. The van der Waals surface area contributed by atoms with Crippen molar-refractivity contribution in [2.75, 3.05) is 38.3 Å². The van der Waals surface area contributed by atoms with E-state index in [1.807, 2.05) is 42.5 Å². The second kappa shape index (κ2) is 10.4. The van der Waals surface area contributed by atoms with Gasteiger partial charge in [-0.1, -0.05) is 35.9 Å². The van der Waals surface area contributed by atoms with Crippen LogP contribution < -0.4 is 15.5 Å². The van der Waals surface area contributed by atoms with E-state index in [2.05, 4.69) is 20.5 Å². The van der Waals surface area contributed by atoms with E-state index in [1.165, 1.54) is 4.90 Å². The van der Waals surface area contributed by atoms with E-state index >= 15 is 0 Å². The maximum Gasteiger partial charge on any atom is 0.259 e. The van der Waals surface area contributed by atoms with Crippen LogP contribution in [0.15, 0.2) is 60.8 Å². The molecule has 2 aliphatic rings. The van der Waals surface area contributed by atoms with Crippen molar-refractivity contribution in [2.24, 2.45) is 0 Å². The first-order valence-electron chi connectivity index (χ1n) is 12.4. The third-order valence-corrected chi connectivity index (χ3v) is 7.28. The van der Waals surface area contributed by atoms with Gasteiger partial charge in [0.25, 0.3) is 11.8 Å². The van der Waals surface area contributed by atoms with Gasteiger partial charge in [0.2, 0.25) is 0 Å². The lowest BCUT2D eigenvalue weighted by Crippen LogP contribution is -2.40.